The molecule has 0 aliphatic carbocycles. The monoisotopic (exact) mass is 2060 g/mol. The van der Waals surface area contributed by atoms with E-state index in [-0.39, 0.29) is 22.2 Å². The molecule has 12 aromatic heterocycles. The number of hydrogen-bond donors (Lipinski definition) is 4. The van der Waals surface area contributed by atoms with Gasteiger partial charge < -0.3 is 60.5 Å². The maximum Gasteiger partial charge on any atom is 0.278 e. The van der Waals surface area contributed by atoms with Gasteiger partial charge in [-0.15, -0.1) is 49.0 Å². The number of piperidine rings is 8. The lowest BCUT2D eigenvalue weighted by Crippen LogP contribution is -2.46. The van der Waals surface area contributed by atoms with Gasteiger partial charge in [-0.2, -0.15) is 31.3 Å². The van der Waals surface area contributed by atoms with Gasteiger partial charge in [-0.25, -0.2) is 72.3 Å². The maximum absolute atomic E-state index is 13.0. The molecular weight excluding hydrogens is 1930 g/mol. The number of allylic oxidation sites excluding steroid dienone is 4. The Hall–Kier alpha value is -14.4. The lowest BCUT2D eigenvalue weighted by Gasteiger charge is -2.46. The summed E-state index contributed by atoms with van der Waals surface area (Å²) >= 11 is 4.58. The molecule has 4 N–H and O–H groups in total. The minimum Gasteiger partial charge on any atom is -0.371 e. The number of aromatic nitrogens is 19. The van der Waals surface area contributed by atoms with Crippen LogP contribution in [0.15, 0.2) is 256 Å². The Balaban J connectivity index is 0.000000116. The molecule has 0 unspecified atom stereocenters. The molecule has 149 heavy (non-hydrogen) atoms. The molecule has 24 rings (SSSR count). The normalized spacial score (nSPS) is 17.9. The van der Waals surface area contributed by atoms with Gasteiger partial charge in [-0.3, -0.25) is 19.2 Å². The van der Waals surface area contributed by atoms with E-state index in [0.29, 0.717) is 127 Å². The lowest BCUT2D eigenvalue weighted by molar-refractivity contribution is 0.0944. The molecule has 20 heterocycles. The summed E-state index contributed by atoms with van der Waals surface area (Å²) in [6.07, 6.45) is 40.5. The van der Waals surface area contributed by atoms with Crippen LogP contribution in [0.3, 0.4) is 0 Å². The van der Waals surface area contributed by atoms with E-state index in [9.17, 15) is 19.2 Å². The average molecular weight is 2060 g/mol. The number of nitrogens with zero attached hydrogens (tertiary/aromatic N) is 27. The van der Waals surface area contributed by atoms with Crippen molar-refractivity contribution < 1.29 is 0 Å². The van der Waals surface area contributed by atoms with Crippen molar-refractivity contribution in [2.75, 3.05) is 174 Å². The summed E-state index contributed by atoms with van der Waals surface area (Å²) in [5, 5.41) is 24.5. The highest BCUT2D eigenvalue weighted by molar-refractivity contribution is 7.12. The number of rotatable bonds is 24. The number of anilines is 12. The number of benzene rings is 4. The molecule has 772 valence electrons. The second kappa shape index (κ2) is 44.2. The van der Waals surface area contributed by atoms with Gasteiger partial charge in [0.2, 0.25) is 28.9 Å². The van der Waals surface area contributed by atoms with Crippen molar-refractivity contribution in [2.45, 2.75) is 129 Å². The summed E-state index contributed by atoms with van der Waals surface area (Å²) in [7, 11) is 8.95. The zero-order valence-electron chi connectivity index (χ0n) is 85.4. The molecule has 0 atom stereocenters. The van der Waals surface area contributed by atoms with Crippen molar-refractivity contribution in [1.82, 2.24) is 112 Å². The molecule has 4 spiro atoms. The van der Waals surface area contributed by atoms with Crippen molar-refractivity contribution in [3.63, 3.8) is 0 Å². The first kappa shape index (κ1) is 101. The van der Waals surface area contributed by atoms with Crippen LogP contribution in [0.25, 0.3) is 65.6 Å². The van der Waals surface area contributed by atoms with Crippen molar-refractivity contribution in [3.05, 3.63) is 279 Å². The topological polar surface area (TPSA) is 324 Å². The van der Waals surface area contributed by atoms with Crippen LogP contribution in [-0.2, 0) is 26.2 Å². The van der Waals surface area contributed by atoms with Gasteiger partial charge in [0.1, 0.15) is 38.6 Å². The Kier molecular flexibility index (Phi) is 29.8. The van der Waals surface area contributed by atoms with Crippen molar-refractivity contribution in [1.29, 1.82) is 0 Å². The van der Waals surface area contributed by atoms with Crippen molar-refractivity contribution in [3.8, 4) is 21.5 Å². The quantitative estimate of drug-likeness (QED) is 0.0408. The summed E-state index contributed by atoms with van der Waals surface area (Å²) < 4.78 is 13.6. The average Bonchev–Trinajstić information content (AvgIpc) is 1.62. The second-order valence-corrected chi connectivity index (χ2v) is 43.9. The predicted molar refractivity (Wildman–Crippen MR) is 602 cm³/mol. The van der Waals surface area contributed by atoms with E-state index in [1.165, 1.54) is 196 Å². The maximum atomic E-state index is 13.0. The minimum atomic E-state index is -0.191. The zero-order valence-corrected chi connectivity index (χ0v) is 87.9. The SMILES string of the molecule is C=CCn1c(=O)c2cnc(Nc3ccc(N4CCC5(CCN(C)CC5)CC4)cc3)nc2n1-c1cccs1.C=CCn1c(=O)c2cnc(Nc3ccc(N4CCC5(CCN(C)CC5)CC4)cc3)nc2n1-c1ccsc1.C=CCn1c(=O)c2cnc(Nc3ccc(N4CCC5(CCN(C)CC5)CC4)cc3)nc2n1-c1cncnc1.C=CCn1c(=O)c2cnc(Nc3ccc(N4CCC5(CCN(C)CC5)CC4)cc3)nc2n1-c1nccs1. The summed E-state index contributed by atoms with van der Waals surface area (Å²) in [5.41, 5.74) is 13.9. The molecule has 0 saturated carbocycles. The predicted octanol–water partition coefficient (Wildman–Crippen LogP) is 17.7. The number of fused-ring (bicyclic) bond motifs is 4. The van der Waals surface area contributed by atoms with Gasteiger partial charge in [0.25, 0.3) is 22.2 Å². The van der Waals surface area contributed by atoms with Gasteiger partial charge in [0, 0.05) is 140 Å². The molecule has 35 nitrogen and oxygen atoms in total. The van der Waals surface area contributed by atoms with Gasteiger partial charge >= 0.3 is 0 Å². The van der Waals surface area contributed by atoms with Gasteiger partial charge in [0.15, 0.2) is 22.6 Å². The van der Waals surface area contributed by atoms with Crippen LogP contribution in [0.5, 0.6) is 0 Å². The first-order valence-corrected chi connectivity index (χ1v) is 54.7. The summed E-state index contributed by atoms with van der Waals surface area (Å²) in [5.74, 6) is 1.77. The number of nitrogens with one attached hydrogen (secondary N) is 4. The molecule has 38 heteroatoms. The summed E-state index contributed by atoms with van der Waals surface area (Å²) in [6, 6.07) is 39.9. The van der Waals surface area contributed by atoms with Crippen molar-refractivity contribution >= 4 is 147 Å². The smallest absolute Gasteiger partial charge is 0.278 e. The van der Waals surface area contributed by atoms with E-state index >= 15 is 0 Å². The number of hydrogen-bond acceptors (Lipinski definition) is 30. The largest absolute Gasteiger partial charge is 0.371 e. The van der Waals surface area contributed by atoms with E-state index in [1.807, 2.05) is 49.1 Å². The van der Waals surface area contributed by atoms with E-state index < -0.39 is 0 Å². The molecule has 8 aliphatic heterocycles. The molecule has 0 bridgehead atoms. The Labute approximate surface area is 878 Å². The van der Waals surface area contributed by atoms with E-state index in [1.54, 1.807) is 118 Å². The van der Waals surface area contributed by atoms with Crippen LogP contribution in [0.4, 0.5) is 69.3 Å². The third-order valence-corrected chi connectivity index (χ3v) is 34.5. The van der Waals surface area contributed by atoms with E-state index in [0.717, 1.165) is 85.8 Å². The van der Waals surface area contributed by atoms with Gasteiger partial charge in [-0.1, -0.05) is 24.3 Å². The van der Waals surface area contributed by atoms with Crippen molar-refractivity contribution in [2.24, 2.45) is 21.7 Å². The molecule has 16 aromatic rings. The number of thiazole rings is 1. The molecule has 0 amide bonds. The number of likely N-dealkylation sites (tertiary alicyclic amines) is 4. The molecular formula is C111H131N31O4S3. The first-order valence-electron chi connectivity index (χ1n) is 52.0. The van der Waals surface area contributed by atoms with Crippen LogP contribution in [0, 0.1) is 21.7 Å². The minimum absolute atomic E-state index is 0.122. The highest BCUT2D eigenvalue weighted by Crippen LogP contribution is 2.47. The van der Waals surface area contributed by atoms with Gasteiger partial charge in [-0.05, 0) is 331 Å². The highest BCUT2D eigenvalue weighted by Gasteiger charge is 2.42. The highest BCUT2D eigenvalue weighted by atomic mass is 32.1. The number of thiophene rings is 2. The van der Waals surface area contributed by atoms with E-state index in [2.05, 4.69) is 247 Å². The lowest BCUT2D eigenvalue weighted by atomic mass is 9.71. The molecule has 0 radical (unpaired) electrons. The van der Waals surface area contributed by atoms with Gasteiger partial charge in [0.05, 0.1) is 44.3 Å². The third-order valence-electron chi connectivity index (χ3n) is 32.2. The van der Waals surface area contributed by atoms with Crippen LogP contribution in [-0.4, -0.2) is 245 Å². The van der Waals surface area contributed by atoms with Crippen LogP contribution < -0.4 is 63.1 Å². The summed E-state index contributed by atoms with van der Waals surface area (Å²) in [4.78, 5) is 121. The Bertz CT molecular complexity index is 7060. The standard InChI is InChI=1S/C28H33N9O.2C28H33N7OS.C27H32N8OS/c1-3-12-36-26(38)24-19-31-27(33-25(24)37(36)23-17-29-20-30-18-23)32-21-4-6-22(7-5-21)35-15-10-28(11-16-35)8-13-34(2)14-9-28;1-3-13-34-26(36)24-19-29-27(31-25(24)35(34)23-8-18-37-20-23)30-21-4-6-22(7-5-21)33-16-11-28(12-17-33)9-14-32(2)15-10-28;1-3-14-34-26(36)23-20-29-27(31-25(23)35(34)24-5-4-19-37-24)30-21-6-8-22(9-7-21)33-17-12-28(13-18-33)10-15-32(2)16-11-28;1-3-13-34-24(36)22-19-29-25(31-23(22)35(34)26-28-12-18-37-26)30-20-4-6-21(7-5-20)33-16-10-27(11-17-33)8-14-32(2)15-9-27/h3-7,17-20H,1,8-16H2,2H3,(H,31,32,33);3-8,18-20H,1,9-17H2,2H3,(H,29,30,31);3-9,19-20H,1,10-18H2,2H3,(H,29,30,31);3-7,12,18-19H,1,8-11,13-17H2,2H3,(H,29,30,31). The van der Waals surface area contributed by atoms with Crippen LogP contribution >= 0.6 is 34.0 Å². The molecule has 8 aliphatic rings. The first-order chi connectivity index (χ1) is 72.7. The fraction of sp³-hybridized carbons (Fsp3) is 0.396. The fourth-order valence-electron chi connectivity index (χ4n) is 22.8. The van der Waals surface area contributed by atoms with Crippen LogP contribution in [0.1, 0.15) is 103 Å². The van der Waals surface area contributed by atoms with E-state index in [4.69, 9.17) is 19.9 Å². The molecule has 8 saturated heterocycles. The molecule has 8 fully saturated rings. The Morgan fingerprint density at radius 1 is 0.309 bits per heavy atom. The van der Waals surface area contributed by atoms with Crippen LogP contribution in [0.2, 0.25) is 0 Å². The Morgan fingerprint density at radius 2 is 0.597 bits per heavy atom. The third kappa shape index (κ3) is 21.7. The summed E-state index contributed by atoms with van der Waals surface area (Å²) in [6.45, 7) is 35.4. The second-order valence-electron chi connectivity index (χ2n) is 41.4. The zero-order chi connectivity index (χ0) is 102. The molecule has 4 aromatic carbocycles. The Morgan fingerprint density at radius 3 is 0.879 bits per heavy atom. The fourth-order valence-corrected chi connectivity index (χ4v) is 24.8.